The van der Waals surface area contributed by atoms with Gasteiger partial charge in [-0.05, 0) is 97.1 Å². The minimum atomic E-state index is 0.543. The smallest absolute Gasteiger partial charge is 0.119 e. The van der Waals surface area contributed by atoms with Gasteiger partial charge in [-0.15, -0.1) is 0 Å². The third-order valence-electron chi connectivity index (χ3n) is 5.21. The minimum Gasteiger partial charge on any atom is -0.497 e. The van der Waals surface area contributed by atoms with Gasteiger partial charge in [0.25, 0.3) is 0 Å². The molecule has 0 fully saturated rings. The van der Waals surface area contributed by atoms with E-state index in [0.29, 0.717) is 13.2 Å². The summed E-state index contributed by atoms with van der Waals surface area (Å²) in [4.78, 5) is 0. The predicted octanol–water partition coefficient (Wildman–Crippen LogP) is 8.38. The fourth-order valence-electron chi connectivity index (χ4n) is 3.19. The third-order valence-corrected chi connectivity index (χ3v) is 5.21. The SMILES string of the molecule is COc1ccc(N=Nc2ccc(OCCCOc3ccc(N=Nc4ccc(OC)cc4)cc3)cc2)cc1. The molecular formula is C29H28N4O4. The summed E-state index contributed by atoms with van der Waals surface area (Å²) in [5.74, 6) is 3.12. The van der Waals surface area contributed by atoms with E-state index in [2.05, 4.69) is 20.5 Å². The summed E-state index contributed by atoms with van der Waals surface area (Å²) in [5, 5.41) is 17.0. The second kappa shape index (κ2) is 13.4. The van der Waals surface area contributed by atoms with Gasteiger partial charge in [0.15, 0.2) is 0 Å². The van der Waals surface area contributed by atoms with E-state index in [4.69, 9.17) is 18.9 Å². The molecule has 0 aliphatic rings. The van der Waals surface area contributed by atoms with Crippen molar-refractivity contribution in [2.45, 2.75) is 6.42 Å². The minimum absolute atomic E-state index is 0.543. The lowest BCUT2D eigenvalue weighted by Gasteiger charge is -2.08. The van der Waals surface area contributed by atoms with E-state index in [0.717, 1.165) is 52.2 Å². The Morgan fingerprint density at radius 3 is 0.946 bits per heavy atom. The van der Waals surface area contributed by atoms with Crippen LogP contribution in [0.25, 0.3) is 0 Å². The molecule has 0 aliphatic heterocycles. The summed E-state index contributed by atoms with van der Waals surface area (Å²) in [6, 6.07) is 29.8. The van der Waals surface area contributed by atoms with Gasteiger partial charge in [0, 0.05) is 6.42 Å². The van der Waals surface area contributed by atoms with Gasteiger partial charge in [-0.2, -0.15) is 20.5 Å². The number of azo groups is 2. The molecule has 0 N–H and O–H groups in total. The van der Waals surface area contributed by atoms with E-state index in [1.54, 1.807) is 14.2 Å². The number of nitrogens with zero attached hydrogens (tertiary/aromatic N) is 4. The van der Waals surface area contributed by atoms with Gasteiger partial charge in [-0.3, -0.25) is 0 Å². The monoisotopic (exact) mass is 496 g/mol. The molecule has 37 heavy (non-hydrogen) atoms. The standard InChI is InChI=1S/C29H28N4O4/c1-34-26-12-4-22(5-13-26)30-32-24-8-16-28(17-9-24)36-20-3-21-37-29-18-10-25(11-19-29)33-31-23-6-14-27(35-2)15-7-23/h4-19H,3,20-21H2,1-2H3. The van der Waals surface area contributed by atoms with E-state index in [-0.39, 0.29) is 0 Å². The van der Waals surface area contributed by atoms with Gasteiger partial charge < -0.3 is 18.9 Å². The quantitative estimate of drug-likeness (QED) is 0.146. The second-order valence-corrected chi connectivity index (χ2v) is 7.83. The predicted molar refractivity (Wildman–Crippen MR) is 143 cm³/mol. The number of benzene rings is 4. The molecule has 4 aromatic carbocycles. The number of methoxy groups -OCH3 is 2. The first kappa shape index (κ1) is 25.4. The largest absolute Gasteiger partial charge is 0.497 e. The van der Waals surface area contributed by atoms with E-state index < -0.39 is 0 Å². The zero-order chi connectivity index (χ0) is 25.7. The zero-order valence-electron chi connectivity index (χ0n) is 20.8. The first-order valence-corrected chi connectivity index (χ1v) is 11.8. The topological polar surface area (TPSA) is 86.4 Å². The van der Waals surface area contributed by atoms with Crippen LogP contribution in [-0.4, -0.2) is 27.4 Å². The molecule has 0 aromatic heterocycles. The summed E-state index contributed by atoms with van der Waals surface area (Å²) >= 11 is 0. The van der Waals surface area contributed by atoms with Crippen molar-refractivity contribution < 1.29 is 18.9 Å². The maximum Gasteiger partial charge on any atom is 0.119 e. The van der Waals surface area contributed by atoms with Crippen LogP contribution in [0.2, 0.25) is 0 Å². The van der Waals surface area contributed by atoms with Gasteiger partial charge in [-0.25, -0.2) is 0 Å². The first-order chi connectivity index (χ1) is 18.2. The van der Waals surface area contributed by atoms with Crippen LogP contribution in [0.5, 0.6) is 23.0 Å². The molecule has 0 radical (unpaired) electrons. The molecule has 0 spiro atoms. The molecule has 0 saturated heterocycles. The lowest BCUT2D eigenvalue weighted by atomic mass is 10.3. The molecule has 0 saturated carbocycles. The van der Waals surface area contributed by atoms with Crippen LogP contribution in [0, 0.1) is 0 Å². The highest BCUT2D eigenvalue weighted by atomic mass is 16.5. The maximum atomic E-state index is 5.79. The Kier molecular flexibility index (Phi) is 9.18. The van der Waals surface area contributed by atoms with Crippen LogP contribution in [0.3, 0.4) is 0 Å². The van der Waals surface area contributed by atoms with Crippen LogP contribution >= 0.6 is 0 Å². The van der Waals surface area contributed by atoms with Gasteiger partial charge in [0.05, 0.1) is 50.2 Å². The van der Waals surface area contributed by atoms with Crippen molar-refractivity contribution >= 4 is 22.7 Å². The zero-order valence-corrected chi connectivity index (χ0v) is 20.8. The second-order valence-electron chi connectivity index (χ2n) is 7.83. The fraction of sp³-hybridized carbons (Fsp3) is 0.172. The normalized spacial score (nSPS) is 11.1. The summed E-state index contributed by atoms with van der Waals surface area (Å²) in [7, 11) is 3.26. The molecular weight excluding hydrogens is 468 g/mol. The van der Waals surface area contributed by atoms with E-state index in [1.165, 1.54) is 0 Å². The van der Waals surface area contributed by atoms with Crippen molar-refractivity contribution in [1.29, 1.82) is 0 Å². The van der Waals surface area contributed by atoms with Crippen molar-refractivity contribution in [1.82, 2.24) is 0 Å². The van der Waals surface area contributed by atoms with Crippen LogP contribution < -0.4 is 18.9 Å². The lowest BCUT2D eigenvalue weighted by molar-refractivity contribution is 0.247. The Morgan fingerprint density at radius 2 is 0.676 bits per heavy atom. The Hall–Kier alpha value is -4.72. The Balaban J connectivity index is 1.15. The summed E-state index contributed by atoms with van der Waals surface area (Å²) in [6.07, 6.45) is 0.748. The van der Waals surface area contributed by atoms with Crippen molar-refractivity contribution in [2.24, 2.45) is 20.5 Å². The lowest BCUT2D eigenvalue weighted by Crippen LogP contribution is -2.04. The molecule has 0 aliphatic carbocycles. The molecule has 8 nitrogen and oxygen atoms in total. The van der Waals surface area contributed by atoms with Gasteiger partial charge >= 0.3 is 0 Å². The number of ether oxygens (including phenoxy) is 4. The van der Waals surface area contributed by atoms with Crippen LogP contribution in [0.1, 0.15) is 6.42 Å². The molecule has 0 amide bonds. The van der Waals surface area contributed by atoms with Crippen molar-refractivity contribution in [2.75, 3.05) is 27.4 Å². The highest BCUT2D eigenvalue weighted by Crippen LogP contribution is 2.24. The van der Waals surface area contributed by atoms with Crippen molar-refractivity contribution in [3.63, 3.8) is 0 Å². The Labute approximate surface area is 216 Å². The molecule has 188 valence electrons. The van der Waals surface area contributed by atoms with Crippen LogP contribution in [0.4, 0.5) is 22.7 Å². The van der Waals surface area contributed by atoms with Gasteiger partial charge in [0.2, 0.25) is 0 Å². The molecule has 0 bridgehead atoms. The molecule has 4 rings (SSSR count). The van der Waals surface area contributed by atoms with E-state index in [9.17, 15) is 0 Å². The Bertz CT molecular complexity index is 1190. The number of hydrogen-bond acceptors (Lipinski definition) is 8. The molecule has 0 unspecified atom stereocenters. The average molecular weight is 497 g/mol. The molecule has 8 heteroatoms. The van der Waals surface area contributed by atoms with Crippen molar-refractivity contribution in [3.05, 3.63) is 97.1 Å². The average Bonchev–Trinajstić information content (AvgIpc) is 2.96. The molecule has 0 heterocycles. The fourth-order valence-corrected chi connectivity index (χ4v) is 3.19. The summed E-state index contributed by atoms with van der Waals surface area (Å²) in [6.45, 7) is 1.09. The number of hydrogen-bond donors (Lipinski definition) is 0. The number of rotatable bonds is 12. The molecule has 0 atom stereocenters. The highest BCUT2D eigenvalue weighted by Gasteiger charge is 1.99. The van der Waals surface area contributed by atoms with E-state index in [1.807, 2.05) is 97.1 Å². The van der Waals surface area contributed by atoms with Crippen molar-refractivity contribution in [3.8, 4) is 23.0 Å². The third kappa shape index (κ3) is 8.17. The van der Waals surface area contributed by atoms with Gasteiger partial charge in [0.1, 0.15) is 23.0 Å². The maximum absolute atomic E-state index is 5.79. The molecule has 4 aromatic rings. The van der Waals surface area contributed by atoms with Crippen LogP contribution in [-0.2, 0) is 0 Å². The first-order valence-electron chi connectivity index (χ1n) is 11.8. The van der Waals surface area contributed by atoms with Crippen LogP contribution in [0.15, 0.2) is 118 Å². The van der Waals surface area contributed by atoms with E-state index >= 15 is 0 Å². The summed E-state index contributed by atoms with van der Waals surface area (Å²) in [5.41, 5.74) is 3.01. The summed E-state index contributed by atoms with van der Waals surface area (Å²) < 4.78 is 21.9. The van der Waals surface area contributed by atoms with Gasteiger partial charge in [-0.1, -0.05) is 0 Å². The Morgan fingerprint density at radius 1 is 0.405 bits per heavy atom. The highest BCUT2D eigenvalue weighted by molar-refractivity contribution is 5.45.